The summed E-state index contributed by atoms with van der Waals surface area (Å²) in [6.07, 6.45) is 2.33. The number of sulfonamides is 1. The highest BCUT2D eigenvalue weighted by molar-refractivity contribution is 7.88. The minimum absolute atomic E-state index is 0.0469. The lowest BCUT2D eigenvalue weighted by Gasteiger charge is -2.36. The van der Waals surface area contributed by atoms with Crippen molar-refractivity contribution >= 4 is 39.1 Å². The largest absolute Gasteiger partial charge is 0.459 e. The summed E-state index contributed by atoms with van der Waals surface area (Å²) in [5, 5.41) is 17.0. The van der Waals surface area contributed by atoms with Crippen LogP contribution in [0.3, 0.4) is 0 Å². The third-order valence-electron chi connectivity index (χ3n) is 4.59. The van der Waals surface area contributed by atoms with Crippen molar-refractivity contribution in [2.45, 2.75) is 32.4 Å². The van der Waals surface area contributed by atoms with Crippen LogP contribution in [0, 0.1) is 18.3 Å². The molecule has 0 bridgehead atoms. The Balaban J connectivity index is 1.88. The zero-order valence-electron chi connectivity index (χ0n) is 15.5. The Kier molecular flexibility index (Phi) is 5.47. The molecule has 3 heterocycles. The van der Waals surface area contributed by atoms with Gasteiger partial charge in [0.2, 0.25) is 16.0 Å². The number of aryl methyl sites for hydroxylation is 1. The van der Waals surface area contributed by atoms with Crippen LogP contribution in [-0.4, -0.2) is 64.8 Å². The average Bonchev–Trinajstić information content (AvgIpc) is 2.85. The van der Waals surface area contributed by atoms with Gasteiger partial charge in [0.25, 0.3) is 0 Å². The van der Waals surface area contributed by atoms with E-state index in [1.165, 1.54) is 21.9 Å². The fourth-order valence-electron chi connectivity index (χ4n) is 3.20. The van der Waals surface area contributed by atoms with Gasteiger partial charge in [0.05, 0.1) is 41.3 Å². The van der Waals surface area contributed by atoms with Crippen molar-refractivity contribution in [2.24, 2.45) is 0 Å². The number of anilines is 1. The Hall–Kier alpha value is -2.42. The van der Waals surface area contributed by atoms with Gasteiger partial charge >= 0.3 is 5.97 Å². The Morgan fingerprint density at radius 3 is 2.82 bits per heavy atom. The standard InChI is InChI=1S/C16H19ClN6O4S/c1-9-11(6-18)15(17)13-7-19-16(21-23(9)13)20-12-4-5-22(28(3,25)26)8-14(12)27-10(2)24/h7,12,14H,4-5,8H2,1-3H3,(H,20,21)/t12-,14-/m1/s1. The van der Waals surface area contributed by atoms with E-state index in [-0.39, 0.29) is 30.1 Å². The van der Waals surface area contributed by atoms with Gasteiger partial charge in [-0.05, 0) is 13.3 Å². The Morgan fingerprint density at radius 1 is 1.50 bits per heavy atom. The number of piperidine rings is 1. The van der Waals surface area contributed by atoms with Crippen LogP contribution in [0.2, 0.25) is 5.02 Å². The lowest BCUT2D eigenvalue weighted by Crippen LogP contribution is -2.53. The molecule has 0 amide bonds. The molecule has 0 saturated carbocycles. The second-order valence-electron chi connectivity index (χ2n) is 6.57. The normalized spacial score (nSPS) is 20.7. The maximum atomic E-state index is 11.8. The number of rotatable bonds is 4. The molecule has 0 aliphatic carbocycles. The van der Waals surface area contributed by atoms with Crippen molar-refractivity contribution in [3.05, 3.63) is 22.5 Å². The van der Waals surface area contributed by atoms with Gasteiger partial charge in [0.1, 0.15) is 17.7 Å². The lowest BCUT2D eigenvalue weighted by atomic mass is 10.0. The van der Waals surface area contributed by atoms with E-state index in [0.29, 0.717) is 23.2 Å². The number of aromatic nitrogens is 3. The third-order valence-corrected chi connectivity index (χ3v) is 6.24. The molecule has 1 saturated heterocycles. The number of carbonyl (C=O) groups is 1. The zero-order valence-corrected chi connectivity index (χ0v) is 17.1. The lowest BCUT2D eigenvalue weighted by molar-refractivity contribution is -0.148. The number of nitrogens with one attached hydrogen (secondary N) is 1. The zero-order chi connectivity index (χ0) is 20.6. The predicted molar refractivity (Wildman–Crippen MR) is 101 cm³/mol. The molecule has 1 aliphatic heterocycles. The summed E-state index contributed by atoms with van der Waals surface area (Å²) in [6.45, 7) is 3.32. The number of halogens is 1. The van der Waals surface area contributed by atoms with Crippen LogP contribution in [0.1, 0.15) is 24.6 Å². The second kappa shape index (κ2) is 7.54. The summed E-state index contributed by atoms with van der Waals surface area (Å²) in [4.78, 5) is 15.7. The van der Waals surface area contributed by atoms with E-state index in [2.05, 4.69) is 15.4 Å². The molecular formula is C16H19ClN6O4S. The van der Waals surface area contributed by atoms with Gasteiger partial charge in [-0.3, -0.25) is 4.79 Å². The fourth-order valence-corrected chi connectivity index (χ4v) is 4.36. The molecule has 2 aromatic rings. The molecule has 0 unspecified atom stereocenters. The summed E-state index contributed by atoms with van der Waals surface area (Å²) in [6, 6.07) is 1.67. The van der Waals surface area contributed by atoms with Crippen LogP contribution in [0.25, 0.3) is 5.52 Å². The van der Waals surface area contributed by atoms with Crippen molar-refractivity contribution in [3.63, 3.8) is 0 Å². The number of carbonyl (C=O) groups excluding carboxylic acids is 1. The van der Waals surface area contributed by atoms with Crippen LogP contribution in [0.4, 0.5) is 5.95 Å². The first-order chi connectivity index (χ1) is 13.1. The topological polar surface area (TPSA) is 130 Å². The first kappa shape index (κ1) is 20.3. The molecule has 0 aromatic carbocycles. The van der Waals surface area contributed by atoms with Gasteiger partial charge in [-0.25, -0.2) is 17.9 Å². The molecular weight excluding hydrogens is 408 g/mol. The molecule has 2 atom stereocenters. The highest BCUT2D eigenvalue weighted by Gasteiger charge is 2.35. The van der Waals surface area contributed by atoms with Gasteiger partial charge in [0, 0.05) is 13.5 Å². The number of ether oxygens (including phenoxy) is 1. The highest BCUT2D eigenvalue weighted by Crippen LogP contribution is 2.27. The van der Waals surface area contributed by atoms with Crippen molar-refractivity contribution < 1.29 is 17.9 Å². The number of hydrogen-bond acceptors (Lipinski definition) is 8. The highest BCUT2D eigenvalue weighted by atomic mass is 35.5. The minimum atomic E-state index is -3.40. The number of nitriles is 1. The van der Waals surface area contributed by atoms with Gasteiger partial charge in [-0.2, -0.15) is 9.57 Å². The molecule has 0 spiro atoms. The maximum Gasteiger partial charge on any atom is 0.303 e. The molecule has 28 heavy (non-hydrogen) atoms. The molecule has 3 rings (SSSR count). The Bertz CT molecular complexity index is 1080. The van der Waals surface area contributed by atoms with Crippen molar-refractivity contribution in [1.82, 2.24) is 18.9 Å². The van der Waals surface area contributed by atoms with E-state index in [4.69, 9.17) is 16.3 Å². The molecule has 1 fully saturated rings. The van der Waals surface area contributed by atoms with E-state index in [1.54, 1.807) is 6.92 Å². The molecule has 2 aromatic heterocycles. The van der Waals surface area contributed by atoms with Crippen LogP contribution in [0.15, 0.2) is 6.20 Å². The predicted octanol–water partition coefficient (Wildman–Crippen LogP) is 0.940. The summed E-state index contributed by atoms with van der Waals surface area (Å²) in [5.41, 5.74) is 1.41. The monoisotopic (exact) mass is 426 g/mol. The van der Waals surface area contributed by atoms with Crippen molar-refractivity contribution in [3.8, 4) is 6.07 Å². The summed E-state index contributed by atoms with van der Waals surface area (Å²) in [7, 11) is -3.40. The third kappa shape index (κ3) is 3.89. The first-order valence-electron chi connectivity index (χ1n) is 8.44. The van der Waals surface area contributed by atoms with Crippen molar-refractivity contribution in [2.75, 3.05) is 24.7 Å². The van der Waals surface area contributed by atoms with Gasteiger partial charge in [0.15, 0.2) is 0 Å². The summed E-state index contributed by atoms with van der Waals surface area (Å²) in [5.74, 6) is -0.253. The number of hydrogen-bond donors (Lipinski definition) is 1. The molecule has 12 heteroatoms. The molecule has 0 radical (unpaired) electrons. The molecule has 1 N–H and O–H groups in total. The van der Waals surface area contributed by atoms with Gasteiger partial charge < -0.3 is 10.1 Å². The second-order valence-corrected chi connectivity index (χ2v) is 8.93. The van der Waals surface area contributed by atoms with Crippen LogP contribution < -0.4 is 5.32 Å². The van der Waals surface area contributed by atoms with E-state index < -0.39 is 22.1 Å². The first-order valence-corrected chi connectivity index (χ1v) is 10.7. The minimum Gasteiger partial charge on any atom is -0.459 e. The Labute approximate surface area is 167 Å². The maximum absolute atomic E-state index is 11.8. The summed E-state index contributed by atoms with van der Waals surface area (Å²) < 4.78 is 31.8. The van der Waals surface area contributed by atoms with Crippen LogP contribution in [-0.2, 0) is 19.6 Å². The van der Waals surface area contributed by atoms with Crippen LogP contribution in [0.5, 0.6) is 0 Å². The average molecular weight is 427 g/mol. The molecule has 10 nitrogen and oxygen atoms in total. The molecule has 1 aliphatic rings. The SMILES string of the molecule is CC(=O)O[C@@H]1CN(S(C)(=O)=O)CC[C@H]1Nc1ncc2c(Cl)c(C#N)c(C)n2n1. The Morgan fingerprint density at radius 2 is 2.21 bits per heavy atom. The molecule has 150 valence electrons. The van der Waals surface area contributed by atoms with Gasteiger partial charge in [-0.1, -0.05) is 11.6 Å². The van der Waals surface area contributed by atoms with E-state index in [0.717, 1.165) is 6.26 Å². The fraction of sp³-hybridized carbons (Fsp3) is 0.500. The van der Waals surface area contributed by atoms with E-state index in [1.807, 2.05) is 6.07 Å². The number of nitrogens with zero attached hydrogens (tertiary/aromatic N) is 5. The van der Waals surface area contributed by atoms with Gasteiger partial charge in [-0.15, -0.1) is 5.10 Å². The quantitative estimate of drug-likeness (QED) is 0.715. The smallest absolute Gasteiger partial charge is 0.303 e. The van der Waals surface area contributed by atoms with Crippen molar-refractivity contribution in [1.29, 1.82) is 5.26 Å². The summed E-state index contributed by atoms with van der Waals surface area (Å²) >= 11 is 6.18. The van der Waals surface area contributed by atoms with Crippen LogP contribution >= 0.6 is 11.6 Å². The van der Waals surface area contributed by atoms with E-state index >= 15 is 0 Å². The van der Waals surface area contributed by atoms with E-state index in [9.17, 15) is 18.5 Å². The number of esters is 1. The number of fused-ring (bicyclic) bond motifs is 1.